The van der Waals surface area contributed by atoms with Crippen molar-refractivity contribution in [1.82, 2.24) is 14.7 Å². The molecule has 96 valence electrons. The number of sulfonamides is 1. The molecule has 1 heterocycles. The van der Waals surface area contributed by atoms with Crippen molar-refractivity contribution in [3.63, 3.8) is 0 Å². The molecule has 0 aromatic carbocycles. The maximum Gasteiger partial charge on any atom is 0.222 e. The molecule has 0 unspecified atom stereocenters. The van der Waals surface area contributed by atoms with Gasteiger partial charge >= 0.3 is 0 Å². The lowest BCUT2D eigenvalue weighted by Crippen LogP contribution is -2.24. The molecule has 17 heavy (non-hydrogen) atoms. The lowest BCUT2D eigenvalue weighted by molar-refractivity contribution is 0.586. The highest BCUT2D eigenvalue weighted by molar-refractivity contribution is 7.88. The molecule has 0 fully saturated rings. The van der Waals surface area contributed by atoms with Crippen LogP contribution in [0.5, 0.6) is 0 Å². The van der Waals surface area contributed by atoms with Gasteiger partial charge in [0.2, 0.25) is 16.0 Å². The highest BCUT2D eigenvalue weighted by Crippen LogP contribution is 2.06. The summed E-state index contributed by atoms with van der Waals surface area (Å²) in [5.74, 6) is 0.871. The van der Waals surface area contributed by atoms with Crippen LogP contribution in [0.25, 0.3) is 0 Å². The molecule has 1 aromatic rings. The molecule has 7 nitrogen and oxygen atoms in total. The van der Waals surface area contributed by atoms with Gasteiger partial charge in [0.05, 0.1) is 6.26 Å². The van der Waals surface area contributed by atoms with Crippen LogP contribution in [0.3, 0.4) is 0 Å². The summed E-state index contributed by atoms with van der Waals surface area (Å²) < 4.78 is 24.0. The van der Waals surface area contributed by atoms with E-state index in [1.54, 1.807) is 6.07 Å². The zero-order valence-corrected chi connectivity index (χ0v) is 10.7. The molecule has 1 rings (SSSR count). The maximum absolute atomic E-state index is 10.8. The first-order valence-electron chi connectivity index (χ1n) is 5.16. The second-order valence-electron chi connectivity index (χ2n) is 3.70. The fourth-order valence-electron chi connectivity index (χ4n) is 1.24. The molecule has 0 saturated carbocycles. The zero-order valence-electron chi connectivity index (χ0n) is 9.90. The summed E-state index contributed by atoms with van der Waals surface area (Å²) in [7, 11) is -3.11. The SMILES string of the molecule is Cc1cc(NCCCNS(C)(=O)=O)nc(N)n1. The number of nitrogens with zero attached hydrogens (tertiary/aromatic N) is 2. The average molecular weight is 259 g/mol. The predicted octanol–water partition coefficient (Wildman–Crippen LogP) is -0.282. The van der Waals surface area contributed by atoms with Gasteiger partial charge in [0.15, 0.2) is 0 Å². The van der Waals surface area contributed by atoms with Crippen LogP contribution < -0.4 is 15.8 Å². The minimum atomic E-state index is -3.11. The molecule has 0 aliphatic rings. The van der Waals surface area contributed by atoms with Crippen LogP contribution in [0.1, 0.15) is 12.1 Å². The monoisotopic (exact) mass is 259 g/mol. The number of nitrogens with one attached hydrogen (secondary N) is 2. The van der Waals surface area contributed by atoms with Gasteiger partial charge in [-0.3, -0.25) is 0 Å². The summed E-state index contributed by atoms with van der Waals surface area (Å²) in [6.07, 6.45) is 1.80. The Labute approximate surface area is 101 Å². The Balaban J connectivity index is 2.31. The topological polar surface area (TPSA) is 110 Å². The molecular formula is C9H17N5O2S. The summed E-state index contributed by atoms with van der Waals surface area (Å²) in [6.45, 7) is 2.83. The Kier molecular flexibility index (Phi) is 4.64. The van der Waals surface area contributed by atoms with Gasteiger partial charge in [-0.2, -0.15) is 4.98 Å². The number of rotatable bonds is 6. The van der Waals surface area contributed by atoms with Gasteiger partial charge in [0.1, 0.15) is 5.82 Å². The van der Waals surface area contributed by atoms with Crippen molar-refractivity contribution in [3.05, 3.63) is 11.8 Å². The van der Waals surface area contributed by atoms with E-state index >= 15 is 0 Å². The van der Waals surface area contributed by atoms with Gasteiger partial charge in [-0.1, -0.05) is 0 Å². The van der Waals surface area contributed by atoms with E-state index in [0.29, 0.717) is 25.3 Å². The first kappa shape index (κ1) is 13.7. The van der Waals surface area contributed by atoms with Crippen LogP contribution in [0.4, 0.5) is 11.8 Å². The molecule has 0 saturated heterocycles. The molecule has 0 atom stereocenters. The van der Waals surface area contributed by atoms with E-state index in [4.69, 9.17) is 5.73 Å². The van der Waals surface area contributed by atoms with Crippen LogP contribution in [0.2, 0.25) is 0 Å². The van der Waals surface area contributed by atoms with Gasteiger partial charge in [-0.25, -0.2) is 18.1 Å². The summed E-state index contributed by atoms with van der Waals surface area (Å²) in [5.41, 5.74) is 6.28. The lowest BCUT2D eigenvalue weighted by atomic mass is 10.4. The maximum atomic E-state index is 10.8. The molecule has 0 radical (unpaired) electrons. The molecule has 0 bridgehead atoms. The van der Waals surface area contributed by atoms with Crippen LogP contribution in [0, 0.1) is 6.92 Å². The van der Waals surface area contributed by atoms with Gasteiger partial charge < -0.3 is 11.1 Å². The lowest BCUT2D eigenvalue weighted by Gasteiger charge is -2.07. The fraction of sp³-hybridized carbons (Fsp3) is 0.556. The Morgan fingerprint density at radius 3 is 2.65 bits per heavy atom. The van der Waals surface area contributed by atoms with Crippen molar-refractivity contribution in [2.24, 2.45) is 0 Å². The number of aryl methyl sites for hydroxylation is 1. The van der Waals surface area contributed by atoms with Gasteiger partial charge in [-0.05, 0) is 13.3 Å². The van der Waals surface area contributed by atoms with E-state index in [-0.39, 0.29) is 5.95 Å². The minimum absolute atomic E-state index is 0.224. The third-order valence-corrected chi connectivity index (χ3v) is 2.62. The smallest absolute Gasteiger partial charge is 0.222 e. The van der Waals surface area contributed by atoms with Crippen molar-refractivity contribution in [3.8, 4) is 0 Å². The summed E-state index contributed by atoms with van der Waals surface area (Å²) in [4.78, 5) is 7.94. The van der Waals surface area contributed by atoms with E-state index < -0.39 is 10.0 Å². The van der Waals surface area contributed by atoms with E-state index in [1.165, 1.54) is 0 Å². The second-order valence-corrected chi connectivity index (χ2v) is 5.53. The molecule has 0 aliphatic heterocycles. The number of nitrogen functional groups attached to an aromatic ring is 1. The van der Waals surface area contributed by atoms with Gasteiger partial charge in [0, 0.05) is 24.8 Å². The second kappa shape index (κ2) is 5.78. The number of hydrogen-bond acceptors (Lipinski definition) is 6. The summed E-state index contributed by atoms with van der Waals surface area (Å²) >= 11 is 0. The standard InChI is InChI=1S/C9H17N5O2S/c1-7-6-8(14-9(10)13-7)11-4-3-5-12-17(2,15)16/h6,12H,3-5H2,1-2H3,(H3,10,11,13,14). The van der Waals surface area contributed by atoms with E-state index in [2.05, 4.69) is 20.0 Å². The number of aromatic nitrogens is 2. The van der Waals surface area contributed by atoms with Crippen LogP contribution in [-0.2, 0) is 10.0 Å². The number of anilines is 2. The Morgan fingerprint density at radius 1 is 1.35 bits per heavy atom. The van der Waals surface area contributed by atoms with Crippen molar-refractivity contribution in [2.75, 3.05) is 30.4 Å². The minimum Gasteiger partial charge on any atom is -0.370 e. The van der Waals surface area contributed by atoms with Gasteiger partial charge in [0.25, 0.3) is 0 Å². The molecule has 0 amide bonds. The third kappa shape index (κ3) is 6.03. The van der Waals surface area contributed by atoms with Crippen molar-refractivity contribution in [1.29, 1.82) is 0 Å². The first-order valence-corrected chi connectivity index (χ1v) is 7.05. The molecular weight excluding hydrogens is 242 g/mol. The van der Waals surface area contributed by atoms with Crippen molar-refractivity contribution in [2.45, 2.75) is 13.3 Å². The Hall–Kier alpha value is -1.41. The molecule has 0 spiro atoms. The van der Waals surface area contributed by atoms with Crippen molar-refractivity contribution >= 4 is 21.8 Å². The van der Waals surface area contributed by atoms with Crippen LogP contribution in [0.15, 0.2) is 6.07 Å². The average Bonchev–Trinajstić information content (AvgIpc) is 2.13. The normalized spacial score (nSPS) is 11.4. The molecule has 8 heteroatoms. The van der Waals surface area contributed by atoms with E-state index in [0.717, 1.165) is 11.9 Å². The largest absolute Gasteiger partial charge is 0.370 e. The first-order chi connectivity index (χ1) is 7.87. The predicted molar refractivity (Wildman–Crippen MR) is 67.1 cm³/mol. The van der Waals surface area contributed by atoms with E-state index in [9.17, 15) is 8.42 Å². The third-order valence-electron chi connectivity index (χ3n) is 1.90. The molecule has 4 N–H and O–H groups in total. The highest BCUT2D eigenvalue weighted by Gasteiger charge is 2.00. The number of nitrogens with two attached hydrogens (primary N) is 1. The van der Waals surface area contributed by atoms with Crippen molar-refractivity contribution < 1.29 is 8.42 Å². The summed E-state index contributed by atoms with van der Waals surface area (Å²) in [5, 5.41) is 3.05. The zero-order chi connectivity index (χ0) is 12.9. The van der Waals surface area contributed by atoms with E-state index in [1.807, 2.05) is 6.92 Å². The van der Waals surface area contributed by atoms with Crippen LogP contribution >= 0.6 is 0 Å². The molecule has 1 aromatic heterocycles. The van der Waals surface area contributed by atoms with Gasteiger partial charge in [-0.15, -0.1) is 0 Å². The number of hydrogen-bond donors (Lipinski definition) is 3. The summed E-state index contributed by atoms with van der Waals surface area (Å²) in [6, 6.07) is 1.78. The molecule has 0 aliphatic carbocycles. The highest BCUT2D eigenvalue weighted by atomic mass is 32.2. The Morgan fingerprint density at radius 2 is 2.06 bits per heavy atom. The fourth-order valence-corrected chi connectivity index (χ4v) is 1.76. The quantitative estimate of drug-likeness (QED) is 0.606. The Bertz CT molecular complexity index is 454. The van der Waals surface area contributed by atoms with Crippen LogP contribution in [-0.4, -0.2) is 37.7 Å².